The molecule has 3 nitrogen and oxygen atoms in total. The molecule has 1 aromatic carbocycles. The average Bonchev–Trinajstić information content (AvgIpc) is 2.31. The summed E-state index contributed by atoms with van der Waals surface area (Å²) in [7, 11) is 0.489. The quantitative estimate of drug-likeness (QED) is 0.410. The number of thiol groups is 1. The molecule has 0 fully saturated rings. The van der Waals surface area contributed by atoms with Crippen molar-refractivity contribution in [3.63, 3.8) is 0 Å². The molecule has 18 heavy (non-hydrogen) atoms. The van der Waals surface area contributed by atoms with Crippen molar-refractivity contribution in [2.75, 3.05) is 6.61 Å². The first kappa shape index (κ1) is 15.9. The molecule has 0 aliphatic heterocycles. The van der Waals surface area contributed by atoms with Crippen molar-refractivity contribution in [1.29, 1.82) is 0 Å². The van der Waals surface area contributed by atoms with Crippen LogP contribution in [0.25, 0.3) is 0 Å². The SMILES string of the molecule is CCCCCCOP(O)(O)=[SH]c1ccccc1C. The van der Waals surface area contributed by atoms with Crippen molar-refractivity contribution in [2.24, 2.45) is 0 Å². The zero-order valence-electron chi connectivity index (χ0n) is 11.0. The van der Waals surface area contributed by atoms with Gasteiger partial charge < -0.3 is 14.3 Å². The first-order chi connectivity index (χ1) is 8.55. The van der Waals surface area contributed by atoms with Crippen molar-refractivity contribution < 1.29 is 14.3 Å². The highest BCUT2D eigenvalue weighted by Gasteiger charge is 2.10. The van der Waals surface area contributed by atoms with Crippen LogP contribution in [0.3, 0.4) is 0 Å². The van der Waals surface area contributed by atoms with E-state index >= 15 is 0 Å². The summed E-state index contributed by atoms with van der Waals surface area (Å²) in [5.41, 5.74) is 1.06. The van der Waals surface area contributed by atoms with Gasteiger partial charge in [0.1, 0.15) is 0 Å². The minimum Gasteiger partial charge on any atom is -0.328 e. The number of rotatable bonds is 7. The summed E-state index contributed by atoms with van der Waals surface area (Å²) in [6.07, 6.45) is 4.30. The smallest absolute Gasteiger partial charge is 0.281 e. The lowest BCUT2D eigenvalue weighted by Crippen LogP contribution is -1.94. The second-order valence-electron chi connectivity index (χ2n) is 4.29. The fraction of sp³-hybridized carbons (Fsp3) is 0.538. The lowest BCUT2D eigenvalue weighted by Gasteiger charge is -2.13. The number of benzene rings is 1. The van der Waals surface area contributed by atoms with Crippen molar-refractivity contribution in [3.8, 4) is 0 Å². The van der Waals surface area contributed by atoms with Gasteiger partial charge in [0, 0.05) is 4.90 Å². The van der Waals surface area contributed by atoms with E-state index in [1.807, 2.05) is 31.2 Å². The molecule has 0 bridgehead atoms. The van der Waals surface area contributed by atoms with Crippen LogP contribution >= 0.6 is 6.72 Å². The van der Waals surface area contributed by atoms with Gasteiger partial charge in [0.15, 0.2) is 0 Å². The third kappa shape index (κ3) is 6.17. The molecular formula is C13H23O3PS. The van der Waals surface area contributed by atoms with E-state index in [9.17, 15) is 9.79 Å². The number of unbranched alkanes of at least 4 members (excludes halogenated alkanes) is 3. The van der Waals surface area contributed by atoms with E-state index in [1.165, 1.54) is 12.8 Å². The summed E-state index contributed by atoms with van der Waals surface area (Å²) in [5.74, 6) is 0. The summed E-state index contributed by atoms with van der Waals surface area (Å²) in [6, 6.07) is 7.70. The van der Waals surface area contributed by atoms with Gasteiger partial charge in [0.05, 0.1) is 6.61 Å². The largest absolute Gasteiger partial charge is 0.328 e. The zero-order chi connectivity index (χ0) is 13.4. The van der Waals surface area contributed by atoms with E-state index in [0.29, 0.717) is 17.5 Å². The predicted octanol–water partition coefficient (Wildman–Crippen LogP) is 3.43. The number of aryl methyl sites for hydroxylation is 1. The standard InChI is InChI=1S/C13H23O3PS/c1-3-4-5-8-11-16-17(14,15)18-13-10-7-6-9-12(13)2/h6-7,9-10,14-15,18H,3-5,8,11H2,1-2H3. The molecule has 0 saturated carbocycles. The van der Waals surface area contributed by atoms with Gasteiger partial charge in [-0.2, -0.15) is 0 Å². The van der Waals surface area contributed by atoms with Crippen molar-refractivity contribution in [1.82, 2.24) is 0 Å². The van der Waals surface area contributed by atoms with Crippen molar-refractivity contribution in [2.45, 2.75) is 44.4 Å². The third-order valence-electron chi connectivity index (χ3n) is 2.62. The van der Waals surface area contributed by atoms with Crippen LogP contribution in [0.4, 0.5) is 0 Å². The lowest BCUT2D eigenvalue weighted by atomic mass is 10.2. The van der Waals surface area contributed by atoms with Crippen molar-refractivity contribution in [3.05, 3.63) is 29.8 Å². The maximum absolute atomic E-state index is 9.88. The van der Waals surface area contributed by atoms with E-state index in [4.69, 9.17) is 4.52 Å². The summed E-state index contributed by atoms with van der Waals surface area (Å²) in [5, 5.41) is 0. The molecule has 0 spiro atoms. The second-order valence-corrected chi connectivity index (χ2v) is 8.42. The Morgan fingerprint density at radius 1 is 1.17 bits per heavy atom. The molecule has 0 saturated heterocycles. The summed E-state index contributed by atoms with van der Waals surface area (Å²) in [4.78, 5) is 20.7. The van der Waals surface area contributed by atoms with Crippen LogP contribution in [0.2, 0.25) is 0 Å². The molecule has 0 atom stereocenters. The van der Waals surface area contributed by atoms with Gasteiger partial charge in [-0.05, 0) is 25.0 Å². The summed E-state index contributed by atoms with van der Waals surface area (Å²) in [6.45, 7) is 1.27. The summed E-state index contributed by atoms with van der Waals surface area (Å²) >= 11 is 0. The van der Waals surface area contributed by atoms with Crippen LogP contribution in [0, 0.1) is 6.92 Å². The first-order valence-electron chi connectivity index (χ1n) is 6.33. The molecule has 5 heteroatoms. The van der Waals surface area contributed by atoms with E-state index in [2.05, 4.69) is 6.92 Å². The minimum absolute atomic E-state index is 0.430. The fourth-order valence-electron chi connectivity index (χ4n) is 1.56. The van der Waals surface area contributed by atoms with Crippen LogP contribution in [0.5, 0.6) is 0 Å². The summed E-state index contributed by atoms with van der Waals surface area (Å²) < 4.78 is 5.24. The zero-order valence-corrected chi connectivity index (χ0v) is 12.8. The van der Waals surface area contributed by atoms with E-state index < -0.39 is 6.72 Å². The van der Waals surface area contributed by atoms with Crippen molar-refractivity contribution >= 4 is 17.7 Å². The Balaban J connectivity index is 2.55. The normalized spacial score (nSPS) is 11.8. The highest BCUT2D eigenvalue weighted by molar-refractivity contribution is 8.16. The second kappa shape index (κ2) is 8.13. The van der Waals surface area contributed by atoms with Gasteiger partial charge in [0.25, 0.3) is 6.72 Å². The molecule has 2 N–H and O–H groups in total. The molecule has 0 aliphatic rings. The molecule has 104 valence electrons. The first-order valence-corrected chi connectivity index (χ1v) is 9.54. The third-order valence-corrected chi connectivity index (χ3v) is 5.90. The van der Waals surface area contributed by atoms with Gasteiger partial charge >= 0.3 is 0 Å². The molecule has 1 rings (SSSR count). The molecule has 0 heterocycles. The molecule has 1 aromatic rings. The maximum atomic E-state index is 9.88. The number of hydrogen-bond donors (Lipinski definition) is 3. The molecule has 0 radical (unpaired) electrons. The van der Waals surface area contributed by atoms with Crippen LogP contribution in [0.15, 0.2) is 29.2 Å². The maximum Gasteiger partial charge on any atom is 0.281 e. The van der Waals surface area contributed by atoms with Gasteiger partial charge in [-0.15, -0.1) is 0 Å². The van der Waals surface area contributed by atoms with Crippen LogP contribution < -0.4 is 0 Å². The highest BCUT2D eigenvalue weighted by atomic mass is 32.5. The molecular weight excluding hydrogens is 267 g/mol. The lowest BCUT2D eigenvalue weighted by molar-refractivity contribution is 0.245. The molecule has 0 aromatic heterocycles. The predicted molar refractivity (Wildman–Crippen MR) is 79.7 cm³/mol. The Labute approximate surface area is 113 Å². The van der Waals surface area contributed by atoms with Crippen LogP contribution in [0.1, 0.15) is 38.2 Å². The Hall–Kier alpha value is -0.120. The van der Waals surface area contributed by atoms with E-state index in [1.54, 1.807) is 0 Å². The Morgan fingerprint density at radius 2 is 1.89 bits per heavy atom. The Morgan fingerprint density at radius 3 is 2.56 bits per heavy atom. The molecule has 0 unspecified atom stereocenters. The number of hydrogen-bond acceptors (Lipinski definition) is 1. The van der Waals surface area contributed by atoms with Gasteiger partial charge in [-0.3, -0.25) is 0 Å². The van der Waals surface area contributed by atoms with Gasteiger partial charge in [-0.25, -0.2) is 0 Å². The van der Waals surface area contributed by atoms with Gasteiger partial charge in [-0.1, -0.05) is 55.3 Å². The Bertz CT molecular complexity index is 414. The van der Waals surface area contributed by atoms with Gasteiger partial charge in [0.2, 0.25) is 0 Å². The van der Waals surface area contributed by atoms with E-state index in [0.717, 1.165) is 23.3 Å². The topological polar surface area (TPSA) is 49.7 Å². The monoisotopic (exact) mass is 290 g/mol. The molecule has 0 aliphatic carbocycles. The fourth-order valence-corrected chi connectivity index (χ4v) is 4.59. The minimum atomic E-state index is -3.27. The average molecular weight is 290 g/mol. The van der Waals surface area contributed by atoms with Crippen LogP contribution in [-0.2, 0) is 15.5 Å². The highest BCUT2D eigenvalue weighted by Crippen LogP contribution is 2.41. The Kier molecular flexibility index (Phi) is 7.20. The van der Waals surface area contributed by atoms with Crippen LogP contribution in [-0.4, -0.2) is 16.4 Å². The molecule has 0 amide bonds. The van der Waals surface area contributed by atoms with E-state index in [-0.39, 0.29) is 0 Å².